The zero-order chi connectivity index (χ0) is 20.1. The van der Waals surface area contributed by atoms with Crippen molar-refractivity contribution in [3.05, 3.63) is 70.4 Å². The third kappa shape index (κ3) is 4.93. The molecule has 1 heterocycles. The Bertz CT molecular complexity index is 888. The van der Waals surface area contributed by atoms with Crippen LogP contribution in [0.1, 0.15) is 18.1 Å². The molecular weight excluding hydrogens is 374 g/mol. The fraction of sp³-hybridized carbons (Fsp3) is 0.273. The number of rotatable bonds is 4. The Morgan fingerprint density at radius 1 is 1.04 bits per heavy atom. The molecule has 1 fully saturated rings. The molecule has 1 N–H and O–H groups in total. The maximum atomic E-state index is 13.0. The molecule has 2 aromatic carbocycles. The van der Waals surface area contributed by atoms with Gasteiger partial charge in [-0.1, -0.05) is 48.0 Å². The van der Waals surface area contributed by atoms with Gasteiger partial charge in [-0.25, -0.2) is 0 Å². The van der Waals surface area contributed by atoms with Crippen LogP contribution in [0.5, 0.6) is 0 Å². The van der Waals surface area contributed by atoms with E-state index in [0.717, 1.165) is 16.8 Å². The number of carbonyl (C=O) groups is 2. The van der Waals surface area contributed by atoms with E-state index in [-0.39, 0.29) is 11.8 Å². The van der Waals surface area contributed by atoms with Gasteiger partial charge in [0.1, 0.15) is 5.70 Å². The first kappa shape index (κ1) is 20.0. The van der Waals surface area contributed by atoms with Crippen molar-refractivity contribution in [1.29, 1.82) is 0 Å². The smallest absolute Gasteiger partial charge is 0.270 e. The van der Waals surface area contributed by atoms with Crippen LogP contribution < -0.4 is 10.2 Å². The number of halogens is 1. The molecule has 1 saturated heterocycles. The molecule has 0 unspecified atom stereocenters. The Hall–Kier alpha value is -2.79. The van der Waals surface area contributed by atoms with E-state index in [2.05, 4.69) is 17.1 Å². The number of amides is 2. The van der Waals surface area contributed by atoms with Gasteiger partial charge >= 0.3 is 0 Å². The van der Waals surface area contributed by atoms with E-state index in [4.69, 9.17) is 11.6 Å². The molecule has 0 spiro atoms. The molecule has 0 aromatic heterocycles. The fourth-order valence-corrected chi connectivity index (χ4v) is 3.47. The molecule has 0 atom stereocenters. The lowest BCUT2D eigenvalue weighted by molar-refractivity contribution is -0.129. The van der Waals surface area contributed by atoms with Crippen molar-refractivity contribution in [2.24, 2.45) is 0 Å². The van der Waals surface area contributed by atoms with Crippen LogP contribution in [0.4, 0.5) is 5.69 Å². The van der Waals surface area contributed by atoms with E-state index < -0.39 is 0 Å². The van der Waals surface area contributed by atoms with Gasteiger partial charge in [-0.05, 0) is 36.3 Å². The van der Waals surface area contributed by atoms with Gasteiger partial charge in [0.25, 0.3) is 5.91 Å². The summed E-state index contributed by atoms with van der Waals surface area (Å²) in [5.74, 6) is -0.426. The van der Waals surface area contributed by atoms with Crippen molar-refractivity contribution in [3.8, 4) is 0 Å². The molecule has 1 aliphatic rings. The van der Waals surface area contributed by atoms with Crippen LogP contribution >= 0.6 is 11.6 Å². The highest BCUT2D eigenvalue weighted by molar-refractivity contribution is 6.30. The van der Waals surface area contributed by atoms with Crippen LogP contribution in [0.3, 0.4) is 0 Å². The van der Waals surface area contributed by atoms with Crippen LogP contribution in [-0.2, 0) is 9.59 Å². The van der Waals surface area contributed by atoms with E-state index in [1.165, 1.54) is 6.92 Å². The van der Waals surface area contributed by atoms with Crippen LogP contribution in [0.15, 0.2) is 54.2 Å². The quantitative estimate of drug-likeness (QED) is 0.803. The van der Waals surface area contributed by atoms with E-state index in [9.17, 15) is 9.59 Å². The van der Waals surface area contributed by atoms with Crippen molar-refractivity contribution in [2.45, 2.75) is 13.8 Å². The lowest BCUT2D eigenvalue weighted by Gasteiger charge is -2.37. The third-order valence-corrected chi connectivity index (χ3v) is 4.97. The zero-order valence-electron chi connectivity index (χ0n) is 16.1. The minimum Gasteiger partial charge on any atom is -0.368 e. The first-order chi connectivity index (χ1) is 13.4. The summed E-state index contributed by atoms with van der Waals surface area (Å²) >= 11 is 6.14. The number of hydrogen-bond donors (Lipinski definition) is 1. The predicted molar refractivity (Wildman–Crippen MR) is 113 cm³/mol. The monoisotopic (exact) mass is 397 g/mol. The Labute approximate surface area is 170 Å². The summed E-state index contributed by atoms with van der Waals surface area (Å²) in [5.41, 5.74) is 3.42. The Balaban J connectivity index is 1.72. The van der Waals surface area contributed by atoms with Gasteiger partial charge in [0.05, 0.1) is 0 Å². The zero-order valence-corrected chi connectivity index (χ0v) is 16.9. The summed E-state index contributed by atoms with van der Waals surface area (Å²) in [6.07, 6.45) is 1.72. The molecule has 0 aliphatic carbocycles. The Morgan fingerprint density at radius 3 is 2.36 bits per heavy atom. The highest BCUT2D eigenvalue weighted by atomic mass is 35.5. The lowest BCUT2D eigenvalue weighted by atomic mass is 10.1. The van der Waals surface area contributed by atoms with Gasteiger partial charge in [0.15, 0.2) is 0 Å². The summed E-state index contributed by atoms with van der Waals surface area (Å²) in [4.78, 5) is 28.6. The van der Waals surface area contributed by atoms with Crippen molar-refractivity contribution in [2.75, 3.05) is 31.1 Å². The number of hydrogen-bond acceptors (Lipinski definition) is 3. The third-order valence-electron chi connectivity index (χ3n) is 4.73. The van der Waals surface area contributed by atoms with E-state index in [1.54, 1.807) is 11.0 Å². The van der Waals surface area contributed by atoms with E-state index in [1.807, 2.05) is 48.5 Å². The van der Waals surface area contributed by atoms with Crippen LogP contribution in [0.25, 0.3) is 6.08 Å². The molecule has 0 radical (unpaired) electrons. The molecule has 2 aromatic rings. The summed E-state index contributed by atoms with van der Waals surface area (Å²) in [7, 11) is 0. The Kier molecular flexibility index (Phi) is 6.37. The summed E-state index contributed by atoms with van der Waals surface area (Å²) < 4.78 is 0. The van der Waals surface area contributed by atoms with Crippen LogP contribution in [-0.4, -0.2) is 42.9 Å². The first-order valence-corrected chi connectivity index (χ1v) is 9.66. The standard InChI is InChI=1S/C22H24ClN3O2/c1-16-8-9-19(23)15-21(16)25-10-12-26(13-11-25)22(28)20(24-17(2)27)14-18-6-4-3-5-7-18/h3-9,14-15H,10-13H2,1-2H3,(H,24,27)/b20-14-. The predicted octanol–water partition coefficient (Wildman–Crippen LogP) is 3.47. The maximum Gasteiger partial charge on any atom is 0.270 e. The highest BCUT2D eigenvalue weighted by Gasteiger charge is 2.25. The molecular formula is C22H24ClN3O2. The second-order valence-corrected chi connectivity index (χ2v) is 7.30. The SMILES string of the molecule is CC(=O)N/C(=C\c1ccccc1)C(=O)N1CCN(c2cc(Cl)ccc2C)CC1. The average Bonchev–Trinajstić information content (AvgIpc) is 2.69. The number of anilines is 1. The number of piperazine rings is 1. The lowest BCUT2D eigenvalue weighted by Crippen LogP contribution is -2.50. The van der Waals surface area contributed by atoms with Gasteiger partial charge in [-0.15, -0.1) is 0 Å². The minimum absolute atomic E-state index is 0.165. The van der Waals surface area contributed by atoms with Crippen molar-refractivity contribution >= 4 is 35.2 Å². The summed E-state index contributed by atoms with van der Waals surface area (Å²) in [6, 6.07) is 15.4. The Morgan fingerprint density at radius 2 is 1.71 bits per heavy atom. The largest absolute Gasteiger partial charge is 0.368 e. The van der Waals surface area contributed by atoms with Gasteiger partial charge in [0, 0.05) is 43.8 Å². The fourth-order valence-electron chi connectivity index (χ4n) is 3.30. The maximum absolute atomic E-state index is 13.0. The van der Waals surface area contributed by atoms with Crippen molar-refractivity contribution < 1.29 is 9.59 Å². The van der Waals surface area contributed by atoms with E-state index in [0.29, 0.717) is 36.9 Å². The summed E-state index contributed by atoms with van der Waals surface area (Å²) in [5, 5.41) is 3.39. The minimum atomic E-state index is -0.260. The molecule has 2 amide bonds. The highest BCUT2D eigenvalue weighted by Crippen LogP contribution is 2.25. The topological polar surface area (TPSA) is 52.7 Å². The normalized spacial score (nSPS) is 14.8. The van der Waals surface area contributed by atoms with Crippen LogP contribution in [0, 0.1) is 6.92 Å². The van der Waals surface area contributed by atoms with Gasteiger partial charge < -0.3 is 15.1 Å². The second-order valence-electron chi connectivity index (χ2n) is 6.86. The van der Waals surface area contributed by atoms with Gasteiger partial charge in [-0.3, -0.25) is 9.59 Å². The van der Waals surface area contributed by atoms with Crippen molar-refractivity contribution in [1.82, 2.24) is 10.2 Å². The molecule has 6 heteroatoms. The molecule has 0 bridgehead atoms. The molecule has 5 nitrogen and oxygen atoms in total. The molecule has 0 saturated carbocycles. The molecule has 146 valence electrons. The number of benzene rings is 2. The number of nitrogens with zero attached hydrogens (tertiary/aromatic N) is 2. The van der Waals surface area contributed by atoms with Gasteiger partial charge in [-0.2, -0.15) is 0 Å². The van der Waals surface area contributed by atoms with Crippen molar-refractivity contribution in [3.63, 3.8) is 0 Å². The number of nitrogens with one attached hydrogen (secondary N) is 1. The molecule has 28 heavy (non-hydrogen) atoms. The molecule has 3 rings (SSSR count). The number of aryl methyl sites for hydroxylation is 1. The van der Waals surface area contributed by atoms with E-state index >= 15 is 0 Å². The molecule has 1 aliphatic heterocycles. The summed E-state index contributed by atoms with van der Waals surface area (Å²) in [6.45, 7) is 6.05. The first-order valence-electron chi connectivity index (χ1n) is 9.29. The average molecular weight is 398 g/mol. The number of carbonyl (C=O) groups excluding carboxylic acids is 2. The van der Waals surface area contributed by atoms with Gasteiger partial charge in [0.2, 0.25) is 5.91 Å². The second kappa shape index (κ2) is 8.93. The van der Waals surface area contributed by atoms with Crippen LogP contribution in [0.2, 0.25) is 5.02 Å².